The first-order valence-corrected chi connectivity index (χ1v) is 9.29. The van der Waals surface area contributed by atoms with Gasteiger partial charge in [-0.15, -0.1) is 23.2 Å². The molecule has 1 fully saturated rings. The van der Waals surface area contributed by atoms with E-state index in [9.17, 15) is 14.0 Å². The fraction of sp³-hybridized carbons (Fsp3) is 0.176. The van der Waals surface area contributed by atoms with Gasteiger partial charge in [0.1, 0.15) is 10.2 Å². The molecule has 1 unspecified atom stereocenters. The molecule has 0 spiro atoms. The Hall–Kier alpha value is -1.24. The van der Waals surface area contributed by atoms with Crippen LogP contribution < -0.4 is 5.32 Å². The number of rotatable bonds is 4. The van der Waals surface area contributed by atoms with Crippen molar-refractivity contribution in [1.29, 1.82) is 0 Å². The maximum absolute atomic E-state index is 13.5. The third-order valence-corrected chi connectivity index (χ3v) is 6.30. The van der Waals surface area contributed by atoms with Gasteiger partial charge in [-0.05, 0) is 35.9 Å². The lowest BCUT2D eigenvalue weighted by atomic mass is 10.1. The molecular formula is C17H9Cl5FNO3. The van der Waals surface area contributed by atoms with Gasteiger partial charge in [0.25, 0.3) is 0 Å². The van der Waals surface area contributed by atoms with Crippen LogP contribution in [0.1, 0.15) is 21.8 Å². The normalized spacial score (nSPS) is 20.2. The molecule has 2 aromatic carbocycles. The Bertz CT molecular complexity index is 943. The molecule has 0 saturated heterocycles. The van der Waals surface area contributed by atoms with Gasteiger partial charge in [0.05, 0.1) is 26.5 Å². The van der Waals surface area contributed by atoms with Crippen molar-refractivity contribution in [1.82, 2.24) is 0 Å². The summed E-state index contributed by atoms with van der Waals surface area (Å²) in [7, 11) is 0. The van der Waals surface area contributed by atoms with E-state index in [1.54, 1.807) is 0 Å². The van der Waals surface area contributed by atoms with Crippen LogP contribution in [0.4, 0.5) is 10.1 Å². The number of halogens is 6. The van der Waals surface area contributed by atoms with Crippen molar-refractivity contribution in [2.75, 3.05) is 5.32 Å². The largest absolute Gasteiger partial charge is 0.478 e. The first kappa shape index (κ1) is 20.5. The third kappa shape index (κ3) is 3.84. The molecule has 0 aliphatic heterocycles. The van der Waals surface area contributed by atoms with Crippen LogP contribution in [0, 0.1) is 11.7 Å². The molecule has 3 rings (SSSR count). The molecule has 0 heterocycles. The molecule has 1 amide bonds. The van der Waals surface area contributed by atoms with E-state index in [-0.39, 0.29) is 20.8 Å². The lowest BCUT2D eigenvalue weighted by Crippen LogP contribution is -2.17. The van der Waals surface area contributed by atoms with Crippen LogP contribution in [0.3, 0.4) is 0 Å². The number of carboxylic acid groups (broad SMARTS) is 1. The summed E-state index contributed by atoms with van der Waals surface area (Å²) < 4.78 is 12.1. The van der Waals surface area contributed by atoms with Gasteiger partial charge < -0.3 is 10.4 Å². The van der Waals surface area contributed by atoms with Gasteiger partial charge in [0.15, 0.2) is 0 Å². The van der Waals surface area contributed by atoms with Crippen LogP contribution in [-0.2, 0) is 4.79 Å². The van der Waals surface area contributed by atoms with Crippen LogP contribution in [0.2, 0.25) is 15.1 Å². The van der Waals surface area contributed by atoms with Gasteiger partial charge in [0.2, 0.25) is 5.91 Å². The van der Waals surface area contributed by atoms with Crippen molar-refractivity contribution in [3.8, 4) is 0 Å². The zero-order valence-corrected chi connectivity index (χ0v) is 16.9. The summed E-state index contributed by atoms with van der Waals surface area (Å²) in [5.41, 5.74) is 0.0602. The van der Waals surface area contributed by atoms with E-state index in [4.69, 9.17) is 63.1 Å². The Morgan fingerprint density at radius 3 is 2.22 bits per heavy atom. The van der Waals surface area contributed by atoms with Crippen molar-refractivity contribution >= 4 is 75.6 Å². The van der Waals surface area contributed by atoms with Crippen molar-refractivity contribution in [3.05, 3.63) is 62.3 Å². The Kier molecular flexibility index (Phi) is 5.54. The Morgan fingerprint density at radius 2 is 1.67 bits per heavy atom. The smallest absolute Gasteiger partial charge is 0.338 e. The van der Waals surface area contributed by atoms with Crippen molar-refractivity contribution in [2.45, 2.75) is 10.3 Å². The van der Waals surface area contributed by atoms with E-state index in [2.05, 4.69) is 5.32 Å². The van der Waals surface area contributed by atoms with E-state index >= 15 is 0 Å². The predicted octanol–water partition coefficient (Wildman–Crippen LogP) is 6.01. The highest BCUT2D eigenvalue weighted by Gasteiger charge is 2.67. The molecule has 1 aliphatic rings. The third-order valence-electron chi connectivity index (χ3n) is 4.17. The SMILES string of the molecule is O=C(O)c1cc(NC(=O)C2[C@H](c3cc(Cl)c(Cl)c(Cl)c3)C2(Cl)Cl)ccc1F. The van der Waals surface area contributed by atoms with Gasteiger partial charge >= 0.3 is 5.97 Å². The topological polar surface area (TPSA) is 66.4 Å². The number of benzene rings is 2. The van der Waals surface area contributed by atoms with Gasteiger partial charge in [-0.2, -0.15) is 0 Å². The van der Waals surface area contributed by atoms with Crippen LogP contribution in [0.15, 0.2) is 30.3 Å². The summed E-state index contributed by atoms with van der Waals surface area (Å²) >= 11 is 30.4. The Morgan fingerprint density at radius 1 is 1.07 bits per heavy atom. The fourth-order valence-electron chi connectivity index (χ4n) is 2.81. The second-order valence-corrected chi connectivity index (χ2v) is 8.55. The molecule has 1 saturated carbocycles. The summed E-state index contributed by atoms with van der Waals surface area (Å²) in [5.74, 6) is -4.39. The lowest BCUT2D eigenvalue weighted by Gasteiger charge is -2.07. The number of carboxylic acids is 1. The van der Waals surface area contributed by atoms with Gasteiger partial charge in [-0.25, -0.2) is 9.18 Å². The Labute approximate surface area is 178 Å². The number of hydrogen-bond donors (Lipinski definition) is 2. The summed E-state index contributed by atoms with van der Waals surface area (Å²) in [5, 5.41) is 12.0. The quantitative estimate of drug-likeness (QED) is 0.424. The number of alkyl halides is 2. The monoisotopic (exact) mass is 469 g/mol. The molecule has 0 bridgehead atoms. The number of nitrogens with one attached hydrogen (secondary N) is 1. The summed E-state index contributed by atoms with van der Waals surface area (Å²) in [6.45, 7) is 0. The van der Waals surface area contributed by atoms with E-state index in [0.29, 0.717) is 5.56 Å². The van der Waals surface area contributed by atoms with E-state index in [1.807, 2.05) is 0 Å². The van der Waals surface area contributed by atoms with Gasteiger partial charge in [-0.1, -0.05) is 34.8 Å². The fourth-order valence-corrected chi connectivity index (χ4v) is 4.25. The molecule has 2 aromatic rings. The highest BCUT2D eigenvalue weighted by Crippen LogP contribution is 2.65. The second kappa shape index (κ2) is 7.30. The first-order valence-electron chi connectivity index (χ1n) is 7.40. The molecular weight excluding hydrogens is 462 g/mol. The molecule has 142 valence electrons. The van der Waals surface area contributed by atoms with Crippen molar-refractivity contribution < 1.29 is 19.1 Å². The summed E-state index contributed by atoms with van der Waals surface area (Å²) in [6.07, 6.45) is 0. The van der Waals surface area contributed by atoms with Crippen LogP contribution in [0.5, 0.6) is 0 Å². The molecule has 1 aliphatic carbocycles. The summed E-state index contributed by atoms with van der Waals surface area (Å²) in [6, 6.07) is 6.22. The van der Waals surface area contributed by atoms with Gasteiger partial charge in [-0.3, -0.25) is 4.79 Å². The lowest BCUT2D eigenvalue weighted by molar-refractivity contribution is -0.117. The van der Waals surface area contributed by atoms with Crippen LogP contribution >= 0.6 is 58.0 Å². The molecule has 2 N–H and O–H groups in total. The zero-order chi connectivity index (χ0) is 20.1. The summed E-state index contributed by atoms with van der Waals surface area (Å²) in [4.78, 5) is 23.6. The number of anilines is 1. The second-order valence-electron chi connectivity index (χ2n) is 5.92. The van der Waals surface area contributed by atoms with E-state index in [0.717, 1.165) is 12.1 Å². The molecule has 0 radical (unpaired) electrons. The number of carbonyl (C=O) groups is 2. The number of amides is 1. The van der Waals surface area contributed by atoms with Gasteiger partial charge in [0, 0.05) is 11.6 Å². The van der Waals surface area contributed by atoms with E-state index in [1.165, 1.54) is 18.2 Å². The molecule has 2 atom stereocenters. The first-order chi connectivity index (χ1) is 12.5. The minimum atomic E-state index is -1.46. The minimum Gasteiger partial charge on any atom is -0.478 e. The van der Waals surface area contributed by atoms with Crippen LogP contribution in [-0.4, -0.2) is 21.3 Å². The highest BCUT2D eigenvalue weighted by atomic mass is 35.5. The predicted molar refractivity (Wildman–Crippen MR) is 104 cm³/mol. The standard InChI is InChI=1S/C17H9Cl5FNO3/c18-9-3-6(4-10(19)14(9)20)12-13(17(12,21)22)15(25)24-7-1-2-11(23)8(5-7)16(26)27/h1-5,12-13H,(H,24,25)(H,26,27)/t12-,13?/m0/s1. The average Bonchev–Trinajstić information content (AvgIpc) is 3.16. The molecule has 27 heavy (non-hydrogen) atoms. The Balaban J connectivity index is 1.84. The maximum atomic E-state index is 13.5. The molecule has 0 aromatic heterocycles. The number of hydrogen-bond acceptors (Lipinski definition) is 2. The average molecular weight is 472 g/mol. The molecule has 10 heteroatoms. The van der Waals surface area contributed by atoms with Crippen molar-refractivity contribution in [3.63, 3.8) is 0 Å². The highest BCUT2D eigenvalue weighted by molar-refractivity contribution is 6.54. The zero-order valence-electron chi connectivity index (χ0n) is 13.1. The molecule has 4 nitrogen and oxygen atoms in total. The number of carbonyl (C=O) groups excluding carboxylic acids is 1. The number of aromatic carboxylic acids is 1. The minimum absolute atomic E-state index is 0.0979. The van der Waals surface area contributed by atoms with Crippen LogP contribution in [0.25, 0.3) is 0 Å². The van der Waals surface area contributed by atoms with Crippen molar-refractivity contribution in [2.24, 2.45) is 5.92 Å². The van der Waals surface area contributed by atoms with E-state index < -0.39 is 39.4 Å². The maximum Gasteiger partial charge on any atom is 0.338 e.